The SMILES string of the molecule is COc1ccc2[nH]cc(CCN3C(=O)C(=O)/C(=C(\O)c4ccc([N+](=O)[O-])cc4)C3c3ccc(Cl)cc3Cl)c2c1. The molecule has 1 saturated heterocycles. The number of carbonyl (C=O) groups is 2. The summed E-state index contributed by atoms with van der Waals surface area (Å²) in [5.41, 5.74) is 2.01. The molecule has 0 saturated carbocycles. The number of hydrogen-bond donors (Lipinski definition) is 2. The first kappa shape index (κ1) is 26.3. The van der Waals surface area contributed by atoms with Gasteiger partial charge in [0.2, 0.25) is 0 Å². The molecular weight excluding hydrogens is 545 g/mol. The molecule has 1 aromatic heterocycles. The van der Waals surface area contributed by atoms with Crippen molar-refractivity contribution in [1.82, 2.24) is 9.88 Å². The van der Waals surface area contributed by atoms with Crippen LogP contribution in [0.25, 0.3) is 16.7 Å². The van der Waals surface area contributed by atoms with Crippen LogP contribution >= 0.6 is 23.2 Å². The number of Topliss-reactive ketones (excluding diaryl/α,β-unsaturated/α-hetero) is 1. The number of H-pyrrole nitrogens is 1. The molecule has 0 bridgehead atoms. The Morgan fingerprint density at radius 2 is 1.85 bits per heavy atom. The number of nitrogens with zero attached hydrogens (tertiary/aromatic N) is 2. The van der Waals surface area contributed by atoms with E-state index in [2.05, 4.69) is 4.98 Å². The molecular formula is C28H21Cl2N3O6. The van der Waals surface area contributed by atoms with Gasteiger partial charge in [0.1, 0.15) is 11.5 Å². The lowest BCUT2D eigenvalue weighted by Crippen LogP contribution is -2.31. The van der Waals surface area contributed by atoms with Crippen LogP contribution < -0.4 is 4.74 Å². The van der Waals surface area contributed by atoms with Gasteiger partial charge in [-0.15, -0.1) is 0 Å². The van der Waals surface area contributed by atoms with Gasteiger partial charge in [0.05, 0.1) is 23.6 Å². The number of amides is 1. The summed E-state index contributed by atoms with van der Waals surface area (Å²) in [6.45, 7) is 0.134. The molecule has 39 heavy (non-hydrogen) atoms. The summed E-state index contributed by atoms with van der Waals surface area (Å²) in [5, 5.41) is 23.8. The number of nitrogens with one attached hydrogen (secondary N) is 1. The highest BCUT2D eigenvalue weighted by molar-refractivity contribution is 6.47. The zero-order chi connectivity index (χ0) is 27.8. The van der Waals surface area contributed by atoms with E-state index >= 15 is 0 Å². The number of carbonyl (C=O) groups excluding carboxylic acids is 2. The fourth-order valence-electron chi connectivity index (χ4n) is 4.79. The topological polar surface area (TPSA) is 126 Å². The van der Waals surface area contributed by atoms with E-state index in [0.29, 0.717) is 22.8 Å². The fourth-order valence-corrected chi connectivity index (χ4v) is 5.30. The van der Waals surface area contributed by atoms with E-state index in [-0.39, 0.29) is 28.4 Å². The number of nitro groups is 1. The number of methoxy groups -OCH3 is 1. The summed E-state index contributed by atoms with van der Waals surface area (Å²) in [6.07, 6.45) is 2.22. The van der Waals surface area contributed by atoms with E-state index < -0.39 is 28.4 Å². The molecule has 3 aromatic carbocycles. The van der Waals surface area contributed by atoms with Gasteiger partial charge in [-0.2, -0.15) is 0 Å². The largest absolute Gasteiger partial charge is 0.507 e. The number of halogens is 2. The molecule has 9 nitrogen and oxygen atoms in total. The second-order valence-corrected chi connectivity index (χ2v) is 9.78. The third kappa shape index (κ3) is 4.82. The second kappa shape index (κ2) is 10.4. The molecule has 4 aromatic rings. The molecule has 1 unspecified atom stereocenters. The number of nitro benzene ring substituents is 1. The van der Waals surface area contributed by atoms with Crippen LogP contribution in [0.2, 0.25) is 10.0 Å². The maximum Gasteiger partial charge on any atom is 0.295 e. The Morgan fingerprint density at radius 1 is 1.10 bits per heavy atom. The van der Waals surface area contributed by atoms with E-state index in [1.165, 1.54) is 35.2 Å². The molecule has 2 N–H and O–H groups in total. The van der Waals surface area contributed by atoms with Crippen molar-refractivity contribution in [2.75, 3.05) is 13.7 Å². The van der Waals surface area contributed by atoms with E-state index in [1.807, 2.05) is 24.4 Å². The summed E-state index contributed by atoms with van der Waals surface area (Å²) in [6, 6.07) is 14.3. The molecule has 5 rings (SSSR count). The highest BCUT2D eigenvalue weighted by Crippen LogP contribution is 2.42. The Hall–Kier alpha value is -4.34. The highest BCUT2D eigenvalue weighted by Gasteiger charge is 2.46. The van der Waals surface area contributed by atoms with Crippen LogP contribution in [0.4, 0.5) is 5.69 Å². The lowest BCUT2D eigenvalue weighted by molar-refractivity contribution is -0.384. The minimum atomic E-state index is -1.01. The van der Waals surface area contributed by atoms with Crippen LogP contribution in [0.1, 0.15) is 22.7 Å². The number of fused-ring (bicyclic) bond motifs is 1. The molecule has 1 aliphatic heterocycles. The minimum Gasteiger partial charge on any atom is -0.507 e. The van der Waals surface area contributed by atoms with Crippen molar-refractivity contribution in [2.24, 2.45) is 0 Å². The van der Waals surface area contributed by atoms with Crippen molar-refractivity contribution in [2.45, 2.75) is 12.5 Å². The standard InChI is InChI=1S/C28H21Cl2N3O6/c1-39-19-7-9-23-21(13-19)16(14-31-23)10-11-32-25(20-8-4-17(29)12-22(20)30)24(27(35)28(32)36)26(34)15-2-5-18(6-3-15)33(37)38/h2-9,12-14,25,31,34H,10-11H2,1H3/b26-24-. The van der Waals surface area contributed by atoms with Crippen LogP contribution in [0.15, 0.2) is 72.4 Å². The summed E-state index contributed by atoms with van der Waals surface area (Å²) in [4.78, 5) is 41.7. The number of aromatic amines is 1. The van der Waals surface area contributed by atoms with Gasteiger partial charge < -0.3 is 19.7 Å². The quantitative estimate of drug-likeness (QED) is 0.0922. The first-order chi connectivity index (χ1) is 18.7. The maximum absolute atomic E-state index is 13.3. The van der Waals surface area contributed by atoms with Crippen LogP contribution in [-0.4, -0.2) is 45.3 Å². The van der Waals surface area contributed by atoms with Gasteiger partial charge in [-0.3, -0.25) is 19.7 Å². The van der Waals surface area contributed by atoms with Gasteiger partial charge in [0.15, 0.2) is 0 Å². The van der Waals surface area contributed by atoms with Crippen molar-refractivity contribution < 1.29 is 24.4 Å². The number of ether oxygens (including phenoxy) is 1. The van der Waals surface area contributed by atoms with Crippen LogP contribution in [0, 0.1) is 10.1 Å². The Kier molecular flexibility index (Phi) is 7.03. The van der Waals surface area contributed by atoms with Crippen molar-refractivity contribution in [3.63, 3.8) is 0 Å². The summed E-state index contributed by atoms with van der Waals surface area (Å²) in [5.74, 6) is -1.47. The van der Waals surface area contributed by atoms with Gasteiger partial charge in [0.25, 0.3) is 17.4 Å². The summed E-state index contributed by atoms with van der Waals surface area (Å²) < 4.78 is 5.34. The molecule has 198 valence electrons. The van der Waals surface area contributed by atoms with E-state index in [1.54, 1.807) is 19.2 Å². The van der Waals surface area contributed by atoms with Crippen molar-refractivity contribution in [3.05, 3.63) is 109 Å². The number of benzene rings is 3. The smallest absolute Gasteiger partial charge is 0.295 e. The zero-order valence-corrected chi connectivity index (χ0v) is 22.0. The third-order valence-corrected chi connectivity index (χ3v) is 7.31. The van der Waals surface area contributed by atoms with Gasteiger partial charge in [-0.05, 0) is 60.0 Å². The predicted octanol–water partition coefficient (Wildman–Crippen LogP) is 6.06. The lowest BCUT2D eigenvalue weighted by Gasteiger charge is -2.26. The number of likely N-dealkylation sites (tertiary alicyclic amines) is 1. The number of non-ortho nitro benzene ring substituents is 1. The average Bonchev–Trinajstić information content (AvgIpc) is 3.44. The first-order valence-corrected chi connectivity index (χ1v) is 12.6. The molecule has 11 heteroatoms. The Labute approximate surface area is 232 Å². The summed E-state index contributed by atoms with van der Waals surface area (Å²) >= 11 is 12.6. The van der Waals surface area contributed by atoms with E-state index in [0.717, 1.165) is 16.5 Å². The normalized spacial score (nSPS) is 16.7. The molecule has 2 heterocycles. The second-order valence-electron chi connectivity index (χ2n) is 8.94. The molecule has 1 amide bonds. The summed E-state index contributed by atoms with van der Waals surface area (Å²) in [7, 11) is 1.58. The highest BCUT2D eigenvalue weighted by atomic mass is 35.5. The van der Waals surface area contributed by atoms with Crippen LogP contribution in [0.5, 0.6) is 5.75 Å². The molecule has 0 radical (unpaired) electrons. The van der Waals surface area contributed by atoms with Gasteiger partial charge in [-0.25, -0.2) is 0 Å². The number of ketones is 1. The molecule has 1 fully saturated rings. The number of aliphatic hydroxyl groups is 1. The van der Waals surface area contributed by atoms with Crippen molar-refractivity contribution in [3.8, 4) is 5.75 Å². The van der Waals surface area contributed by atoms with E-state index in [9.17, 15) is 24.8 Å². The lowest BCUT2D eigenvalue weighted by atomic mass is 9.95. The Balaban J connectivity index is 1.57. The number of hydrogen-bond acceptors (Lipinski definition) is 6. The van der Waals surface area contributed by atoms with Gasteiger partial charge >= 0.3 is 0 Å². The third-order valence-electron chi connectivity index (χ3n) is 6.75. The van der Waals surface area contributed by atoms with Crippen LogP contribution in [-0.2, 0) is 16.0 Å². The molecule has 0 aliphatic carbocycles. The van der Waals surface area contributed by atoms with Crippen molar-refractivity contribution in [1.29, 1.82) is 0 Å². The Bertz CT molecular complexity index is 1660. The minimum absolute atomic E-state index is 0.134. The molecule has 1 atom stereocenters. The Morgan fingerprint density at radius 3 is 2.51 bits per heavy atom. The monoisotopic (exact) mass is 565 g/mol. The van der Waals surface area contributed by atoms with E-state index in [4.69, 9.17) is 27.9 Å². The van der Waals surface area contributed by atoms with Crippen LogP contribution in [0.3, 0.4) is 0 Å². The fraction of sp³-hybridized carbons (Fsp3) is 0.143. The number of aliphatic hydroxyl groups excluding tert-OH is 1. The predicted molar refractivity (Wildman–Crippen MR) is 147 cm³/mol. The maximum atomic E-state index is 13.3. The molecule has 1 aliphatic rings. The zero-order valence-electron chi connectivity index (χ0n) is 20.5. The first-order valence-electron chi connectivity index (χ1n) is 11.8. The molecule has 0 spiro atoms. The van der Waals surface area contributed by atoms with Gasteiger partial charge in [-0.1, -0.05) is 29.3 Å². The van der Waals surface area contributed by atoms with Gasteiger partial charge in [0, 0.05) is 51.4 Å². The number of aromatic nitrogens is 1. The van der Waals surface area contributed by atoms with Crippen molar-refractivity contribution >= 4 is 57.2 Å². The average molecular weight is 566 g/mol. The number of rotatable bonds is 7.